The van der Waals surface area contributed by atoms with Crippen molar-refractivity contribution in [3.05, 3.63) is 34.8 Å². The fourth-order valence-electron chi connectivity index (χ4n) is 1.91. The molecule has 0 unspecified atom stereocenters. The van der Waals surface area contributed by atoms with Crippen molar-refractivity contribution in [2.45, 2.75) is 33.3 Å². The van der Waals surface area contributed by atoms with Crippen LogP contribution in [0.4, 0.5) is 0 Å². The third-order valence-electron chi connectivity index (χ3n) is 2.83. The number of ether oxygens (including phenoxy) is 1. The molecule has 0 aliphatic carbocycles. The summed E-state index contributed by atoms with van der Waals surface area (Å²) < 4.78 is 5.43. The van der Waals surface area contributed by atoms with E-state index in [4.69, 9.17) is 4.74 Å². The number of aliphatic hydroxyl groups is 1. The molecule has 0 saturated heterocycles. The Kier molecular flexibility index (Phi) is 4.56. The first-order valence-electron chi connectivity index (χ1n) is 6.49. The van der Waals surface area contributed by atoms with E-state index in [1.165, 1.54) is 0 Å². The van der Waals surface area contributed by atoms with Gasteiger partial charge in [0, 0.05) is 5.56 Å². The van der Waals surface area contributed by atoms with Gasteiger partial charge in [-0.1, -0.05) is 13.8 Å². The normalized spacial score (nSPS) is 11.0. The number of benzene rings is 1. The predicted molar refractivity (Wildman–Crippen MR) is 78.7 cm³/mol. The van der Waals surface area contributed by atoms with Crippen molar-refractivity contribution >= 4 is 11.3 Å². The third-order valence-corrected chi connectivity index (χ3v) is 3.94. The van der Waals surface area contributed by atoms with Gasteiger partial charge in [0.05, 0.1) is 23.8 Å². The predicted octanol–water partition coefficient (Wildman–Crippen LogP) is 3.82. The highest BCUT2D eigenvalue weighted by atomic mass is 32.1. The van der Waals surface area contributed by atoms with Gasteiger partial charge in [0.2, 0.25) is 0 Å². The molecule has 1 N–H and O–H groups in total. The van der Waals surface area contributed by atoms with Gasteiger partial charge in [-0.3, -0.25) is 0 Å². The van der Waals surface area contributed by atoms with Crippen LogP contribution in [0.3, 0.4) is 0 Å². The summed E-state index contributed by atoms with van der Waals surface area (Å²) in [6.45, 7) is 6.88. The molecule has 1 heterocycles. The van der Waals surface area contributed by atoms with Crippen molar-refractivity contribution in [1.29, 1.82) is 0 Å². The van der Waals surface area contributed by atoms with Crippen LogP contribution in [-0.4, -0.2) is 16.7 Å². The molecule has 0 aliphatic rings. The number of nitrogens with zero attached hydrogens (tertiary/aromatic N) is 1. The second-order valence-corrected chi connectivity index (χ2v) is 5.68. The average Bonchev–Trinajstić information content (AvgIpc) is 2.84. The SMILES string of the molecule is CCOc1ccc(-c2nc(C(C)C)c(CO)s2)cc1. The highest BCUT2D eigenvalue weighted by molar-refractivity contribution is 7.15. The molecule has 0 aliphatic heterocycles. The lowest BCUT2D eigenvalue weighted by Gasteiger charge is -2.03. The van der Waals surface area contributed by atoms with E-state index in [1.54, 1.807) is 11.3 Å². The van der Waals surface area contributed by atoms with Crippen molar-refractivity contribution in [1.82, 2.24) is 4.98 Å². The highest BCUT2D eigenvalue weighted by Gasteiger charge is 2.14. The van der Waals surface area contributed by atoms with Gasteiger partial charge in [0.15, 0.2) is 0 Å². The summed E-state index contributed by atoms with van der Waals surface area (Å²) in [7, 11) is 0. The summed E-state index contributed by atoms with van der Waals surface area (Å²) in [5.74, 6) is 1.20. The standard InChI is InChI=1S/C15H19NO2S/c1-4-18-12-7-5-11(6-8-12)15-16-14(10(2)3)13(9-17)19-15/h5-8,10,17H,4,9H2,1-3H3. The molecule has 4 heteroatoms. The molecule has 3 nitrogen and oxygen atoms in total. The van der Waals surface area contributed by atoms with Crippen molar-refractivity contribution < 1.29 is 9.84 Å². The van der Waals surface area contributed by atoms with Crippen LogP contribution in [0.15, 0.2) is 24.3 Å². The molecular formula is C15H19NO2S. The van der Waals surface area contributed by atoms with Crippen LogP contribution in [-0.2, 0) is 6.61 Å². The average molecular weight is 277 g/mol. The number of rotatable bonds is 5. The molecule has 0 saturated carbocycles. The summed E-state index contributed by atoms with van der Waals surface area (Å²) in [6.07, 6.45) is 0. The first-order chi connectivity index (χ1) is 9.15. The highest BCUT2D eigenvalue weighted by Crippen LogP contribution is 2.32. The molecule has 0 bridgehead atoms. The third kappa shape index (κ3) is 3.14. The van der Waals surface area contributed by atoms with Crippen molar-refractivity contribution in [3.63, 3.8) is 0 Å². The zero-order valence-corrected chi connectivity index (χ0v) is 12.3. The molecule has 102 valence electrons. The summed E-state index contributed by atoms with van der Waals surface area (Å²) in [4.78, 5) is 5.60. The zero-order chi connectivity index (χ0) is 13.8. The first-order valence-corrected chi connectivity index (χ1v) is 7.31. The molecule has 0 spiro atoms. The van der Waals surface area contributed by atoms with E-state index >= 15 is 0 Å². The Morgan fingerprint density at radius 3 is 2.42 bits per heavy atom. The topological polar surface area (TPSA) is 42.4 Å². The van der Waals surface area contributed by atoms with Crippen LogP contribution in [0.25, 0.3) is 10.6 Å². The summed E-state index contributed by atoms with van der Waals surface area (Å²) in [5.41, 5.74) is 2.06. The quantitative estimate of drug-likeness (QED) is 0.903. The lowest BCUT2D eigenvalue weighted by molar-refractivity contribution is 0.283. The number of aliphatic hydroxyl groups excluding tert-OH is 1. The van der Waals surface area contributed by atoms with Gasteiger partial charge in [-0.2, -0.15) is 0 Å². The molecule has 0 fully saturated rings. The maximum Gasteiger partial charge on any atom is 0.123 e. The molecule has 1 aromatic heterocycles. The maximum atomic E-state index is 9.39. The monoisotopic (exact) mass is 277 g/mol. The second kappa shape index (κ2) is 6.17. The molecule has 1 aromatic carbocycles. The van der Waals surface area contributed by atoms with Crippen LogP contribution >= 0.6 is 11.3 Å². The molecule has 19 heavy (non-hydrogen) atoms. The van der Waals surface area contributed by atoms with E-state index in [-0.39, 0.29) is 6.61 Å². The zero-order valence-electron chi connectivity index (χ0n) is 11.5. The van der Waals surface area contributed by atoms with Crippen molar-refractivity contribution in [3.8, 4) is 16.3 Å². The molecule has 2 rings (SSSR count). The fourth-order valence-corrected chi connectivity index (χ4v) is 2.99. The Balaban J connectivity index is 2.31. The van der Waals surface area contributed by atoms with E-state index in [9.17, 15) is 5.11 Å². The lowest BCUT2D eigenvalue weighted by Crippen LogP contribution is -1.93. The van der Waals surface area contributed by atoms with E-state index in [1.807, 2.05) is 31.2 Å². The molecule has 0 radical (unpaired) electrons. The van der Waals surface area contributed by atoms with Crippen LogP contribution in [0.1, 0.15) is 37.3 Å². The fraction of sp³-hybridized carbons (Fsp3) is 0.400. The minimum atomic E-state index is 0.0577. The van der Waals surface area contributed by atoms with Gasteiger partial charge < -0.3 is 9.84 Å². The molecule has 0 amide bonds. The van der Waals surface area contributed by atoms with Gasteiger partial charge in [0.1, 0.15) is 10.8 Å². The molecular weight excluding hydrogens is 258 g/mol. The van der Waals surface area contributed by atoms with E-state index in [2.05, 4.69) is 18.8 Å². The van der Waals surface area contributed by atoms with Crippen LogP contribution in [0.5, 0.6) is 5.75 Å². The van der Waals surface area contributed by atoms with Gasteiger partial charge >= 0.3 is 0 Å². The Bertz CT molecular complexity index is 532. The number of aromatic nitrogens is 1. The van der Waals surface area contributed by atoms with Gasteiger partial charge in [-0.05, 0) is 37.1 Å². The Labute approximate surface area is 117 Å². The van der Waals surface area contributed by atoms with Crippen molar-refractivity contribution in [2.24, 2.45) is 0 Å². The molecule has 0 atom stereocenters. The summed E-state index contributed by atoms with van der Waals surface area (Å²) >= 11 is 1.56. The Morgan fingerprint density at radius 1 is 1.26 bits per heavy atom. The number of hydrogen-bond donors (Lipinski definition) is 1. The smallest absolute Gasteiger partial charge is 0.123 e. The number of hydrogen-bond acceptors (Lipinski definition) is 4. The van der Waals surface area contributed by atoms with Gasteiger partial charge in [-0.15, -0.1) is 11.3 Å². The maximum absolute atomic E-state index is 9.39. The van der Waals surface area contributed by atoms with E-state index in [0.29, 0.717) is 12.5 Å². The van der Waals surface area contributed by atoms with Crippen LogP contribution in [0, 0.1) is 0 Å². The lowest BCUT2D eigenvalue weighted by atomic mass is 10.1. The van der Waals surface area contributed by atoms with Crippen LogP contribution in [0.2, 0.25) is 0 Å². The Morgan fingerprint density at radius 2 is 1.95 bits per heavy atom. The second-order valence-electron chi connectivity index (χ2n) is 4.60. The minimum Gasteiger partial charge on any atom is -0.494 e. The largest absolute Gasteiger partial charge is 0.494 e. The number of thiazole rings is 1. The van der Waals surface area contributed by atoms with Crippen molar-refractivity contribution in [2.75, 3.05) is 6.61 Å². The summed E-state index contributed by atoms with van der Waals surface area (Å²) in [5, 5.41) is 10.3. The molecule has 2 aromatic rings. The first kappa shape index (κ1) is 14.0. The Hall–Kier alpha value is -1.39. The van der Waals surface area contributed by atoms with Gasteiger partial charge in [0.25, 0.3) is 0 Å². The van der Waals surface area contributed by atoms with E-state index < -0.39 is 0 Å². The minimum absolute atomic E-state index is 0.0577. The van der Waals surface area contributed by atoms with Gasteiger partial charge in [-0.25, -0.2) is 4.98 Å². The van der Waals surface area contributed by atoms with Crippen LogP contribution < -0.4 is 4.74 Å². The van der Waals surface area contributed by atoms with E-state index in [0.717, 1.165) is 26.9 Å². The summed E-state index contributed by atoms with van der Waals surface area (Å²) in [6, 6.07) is 7.92.